The van der Waals surface area contributed by atoms with Crippen LogP contribution in [0.1, 0.15) is 0 Å². The molecular formula is C10H5BrClN5. The highest BCUT2D eigenvalue weighted by molar-refractivity contribution is 9.10. The number of aromatic amines is 1. The Kier molecular flexibility index (Phi) is 2.53. The van der Waals surface area contributed by atoms with E-state index < -0.39 is 0 Å². The van der Waals surface area contributed by atoms with Gasteiger partial charge >= 0.3 is 0 Å². The first-order valence-electron chi connectivity index (χ1n) is 4.73. The molecule has 5 nitrogen and oxygen atoms in total. The summed E-state index contributed by atoms with van der Waals surface area (Å²) in [7, 11) is 0. The molecule has 17 heavy (non-hydrogen) atoms. The molecular weight excluding hydrogens is 306 g/mol. The van der Waals surface area contributed by atoms with Crippen molar-refractivity contribution >= 4 is 38.6 Å². The van der Waals surface area contributed by atoms with E-state index in [0.29, 0.717) is 21.3 Å². The molecule has 0 atom stereocenters. The summed E-state index contributed by atoms with van der Waals surface area (Å²) in [6, 6.07) is 3.70. The normalized spacial score (nSPS) is 10.9. The van der Waals surface area contributed by atoms with Gasteiger partial charge in [-0.2, -0.15) is 5.10 Å². The zero-order valence-corrected chi connectivity index (χ0v) is 10.7. The Bertz CT molecular complexity index is 682. The highest BCUT2D eigenvalue weighted by Gasteiger charge is 2.13. The van der Waals surface area contributed by atoms with Crippen LogP contribution in [-0.2, 0) is 0 Å². The Balaban J connectivity index is 2.36. The lowest BCUT2D eigenvalue weighted by Crippen LogP contribution is -1.90. The van der Waals surface area contributed by atoms with Gasteiger partial charge < -0.3 is 0 Å². The van der Waals surface area contributed by atoms with E-state index in [1.54, 1.807) is 12.4 Å². The van der Waals surface area contributed by atoms with Crippen molar-refractivity contribution in [3.63, 3.8) is 0 Å². The number of nitrogens with zero attached hydrogens (tertiary/aromatic N) is 4. The van der Waals surface area contributed by atoms with Crippen molar-refractivity contribution in [3.05, 3.63) is 34.4 Å². The fourth-order valence-electron chi connectivity index (χ4n) is 1.56. The monoisotopic (exact) mass is 309 g/mol. The van der Waals surface area contributed by atoms with Gasteiger partial charge in [0.1, 0.15) is 21.3 Å². The van der Waals surface area contributed by atoms with Crippen molar-refractivity contribution in [1.29, 1.82) is 0 Å². The number of halogens is 2. The maximum absolute atomic E-state index is 5.90. The van der Waals surface area contributed by atoms with Crippen LogP contribution in [0.4, 0.5) is 0 Å². The topological polar surface area (TPSA) is 67.3 Å². The summed E-state index contributed by atoms with van der Waals surface area (Å²) in [5, 5.41) is 7.15. The molecule has 0 aromatic carbocycles. The van der Waals surface area contributed by atoms with E-state index >= 15 is 0 Å². The van der Waals surface area contributed by atoms with Crippen LogP contribution in [0, 0.1) is 0 Å². The summed E-state index contributed by atoms with van der Waals surface area (Å²) in [4.78, 5) is 12.3. The van der Waals surface area contributed by atoms with Crippen LogP contribution < -0.4 is 0 Å². The van der Waals surface area contributed by atoms with E-state index in [-0.39, 0.29) is 5.28 Å². The molecule has 1 N–H and O–H groups in total. The molecule has 3 aromatic heterocycles. The van der Waals surface area contributed by atoms with Crippen LogP contribution in [0.3, 0.4) is 0 Å². The summed E-state index contributed by atoms with van der Waals surface area (Å²) < 4.78 is 0.687. The predicted molar refractivity (Wildman–Crippen MR) is 67.6 cm³/mol. The number of hydrogen-bond donors (Lipinski definition) is 1. The van der Waals surface area contributed by atoms with Crippen LogP contribution in [0.25, 0.3) is 22.3 Å². The highest BCUT2D eigenvalue weighted by Crippen LogP contribution is 2.28. The van der Waals surface area contributed by atoms with Gasteiger partial charge in [-0.05, 0) is 39.7 Å². The zero-order valence-electron chi connectivity index (χ0n) is 8.35. The summed E-state index contributed by atoms with van der Waals surface area (Å²) in [5.41, 5.74) is 2.92. The van der Waals surface area contributed by atoms with Crippen LogP contribution in [0.5, 0.6) is 0 Å². The molecule has 0 saturated carbocycles. The average Bonchev–Trinajstić information content (AvgIpc) is 2.72. The standard InChI is InChI=1S/C10H5BrClN5/c11-9-8-7(16-17-9)6(14-10(12)15-8)5-1-3-13-4-2-5/h1-4H,(H,16,17). The summed E-state index contributed by atoms with van der Waals surface area (Å²) in [5.74, 6) is 0. The highest BCUT2D eigenvalue weighted by atomic mass is 79.9. The number of fused-ring (bicyclic) bond motifs is 1. The van der Waals surface area contributed by atoms with Gasteiger partial charge in [0.15, 0.2) is 0 Å². The number of nitrogens with one attached hydrogen (secondary N) is 1. The molecule has 3 rings (SSSR count). The van der Waals surface area contributed by atoms with E-state index in [0.717, 1.165) is 5.56 Å². The number of pyridine rings is 1. The summed E-state index contributed by atoms with van der Waals surface area (Å²) in [6.07, 6.45) is 3.39. The lowest BCUT2D eigenvalue weighted by Gasteiger charge is -2.01. The van der Waals surface area contributed by atoms with E-state index in [1.807, 2.05) is 12.1 Å². The minimum Gasteiger partial charge on any atom is -0.268 e. The van der Waals surface area contributed by atoms with Crippen molar-refractivity contribution in [2.24, 2.45) is 0 Å². The Labute approximate surface area is 109 Å². The Morgan fingerprint density at radius 1 is 1.12 bits per heavy atom. The zero-order chi connectivity index (χ0) is 11.8. The molecule has 7 heteroatoms. The minimum absolute atomic E-state index is 0.186. The molecule has 0 aliphatic carbocycles. The number of H-pyrrole nitrogens is 1. The SMILES string of the molecule is Clc1nc(-c2ccncc2)c2n[nH]c(Br)c2n1. The maximum atomic E-state index is 5.90. The first-order chi connectivity index (χ1) is 8.25. The molecule has 0 radical (unpaired) electrons. The van der Waals surface area contributed by atoms with E-state index in [2.05, 4.69) is 41.1 Å². The Hall–Kier alpha value is -1.53. The Morgan fingerprint density at radius 2 is 1.88 bits per heavy atom. The second-order valence-corrected chi connectivity index (χ2v) is 4.44. The lowest BCUT2D eigenvalue weighted by molar-refractivity contribution is 1.09. The third-order valence-electron chi connectivity index (χ3n) is 2.28. The van der Waals surface area contributed by atoms with Crippen LogP contribution in [0.15, 0.2) is 29.1 Å². The van der Waals surface area contributed by atoms with Gasteiger partial charge in [-0.25, -0.2) is 9.97 Å². The smallest absolute Gasteiger partial charge is 0.223 e. The van der Waals surface area contributed by atoms with Gasteiger partial charge in [0.05, 0.1) is 0 Å². The Morgan fingerprint density at radius 3 is 2.65 bits per heavy atom. The van der Waals surface area contributed by atoms with Crippen molar-refractivity contribution in [3.8, 4) is 11.3 Å². The van der Waals surface area contributed by atoms with Gasteiger partial charge in [0, 0.05) is 18.0 Å². The third kappa shape index (κ3) is 1.79. The molecule has 84 valence electrons. The maximum Gasteiger partial charge on any atom is 0.223 e. The first kappa shape index (κ1) is 10.6. The van der Waals surface area contributed by atoms with E-state index in [9.17, 15) is 0 Å². The molecule has 0 aliphatic rings. The molecule has 0 aliphatic heterocycles. The fourth-order valence-corrected chi connectivity index (χ4v) is 2.09. The number of aromatic nitrogens is 5. The van der Waals surface area contributed by atoms with Crippen LogP contribution >= 0.6 is 27.5 Å². The van der Waals surface area contributed by atoms with Gasteiger partial charge in [-0.1, -0.05) is 0 Å². The summed E-state index contributed by atoms with van der Waals surface area (Å²) >= 11 is 9.23. The molecule has 3 heterocycles. The van der Waals surface area contributed by atoms with Crippen LogP contribution in [-0.4, -0.2) is 25.1 Å². The summed E-state index contributed by atoms with van der Waals surface area (Å²) in [6.45, 7) is 0. The molecule has 0 spiro atoms. The lowest BCUT2D eigenvalue weighted by atomic mass is 10.2. The fraction of sp³-hybridized carbons (Fsp3) is 0. The van der Waals surface area contributed by atoms with E-state index in [4.69, 9.17) is 11.6 Å². The number of rotatable bonds is 1. The number of hydrogen-bond acceptors (Lipinski definition) is 4. The van der Waals surface area contributed by atoms with Crippen molar-refractivity contribution in [1.82, 2.24) is 25.1 Å². The van der Waals surface area contributed by atoms with E-state index in [1.165, 1.54) is 0 Å². The van der Waals surface area contributed by atoms with Crippen molar-refractivity contribution < 1.29 is 0 Å². The molecule has 0 fully saturated rings. The molecule has 3 aromatic rings. The second kappa shape index (κ2) is 4.05. The van der Waals surface area contributed by atoms with Gasteiger partial charge in [0.25, 0.3) is 0 Å². The third-order valence-corrected chi connectivity index (χ3v) is 3.01. The first-order valence-corrected chi connectivity index (χ1v) is 5.90. The molecule has 0 amide bonds. The molecule has 0 unspecified atom stereocenters. The minimum atomic E-state index is 0.186. The van der Waals surface area contributed by atoms with Crippen LogP contribution in [0.2, 0.25) is 5.28 Å². The average molecular weight is 311 g/mol. The van der Waals surface area contributed by atoms with Crippen molar-refractivity contribution in [2.75, 3.05) is 0 Å². The quantitative estimate of drug-likeness (QED) is 0.702. The predicted octanol–water partition coefficient (Wildman–Crippen LogP) is 2.83. The van der Waals surface area contributed by atoms with Gasteiger partial charge in [-0.15, -0.1) is 0 Å². The van der Waals surface area contributed by atoms with Gasteiger partial charge in [-0.3, -0.25) is 10.1 Å². The van der Waals surface area contributed by atoms with Crippen molar-refractivity contribution in [2.45, 2.75) is 0 Å². The molecule has 0 saturated heterocycles. The second-order valence-electron chi connectivity index (χ2n) is 3.31. The molecule has 0 bridgehead atoms. The van der Waals surface area contributed by atoms with Gasteiger partial charge in [0.2, 0.25) is 5.28 Å². The largest absolute Gasteiger partial charge is 0.268 e.